The van der Waals surface area contributed by atoms with Crippen molar-refractivity contribution in [3.63, 3.8) is 0 Å². The van der Waals surface area contributed by atoms with Gasteiger partial charge in [0.1, 0.15) is 23.0 Å². The number of furan rings is 1. The second-order valence-electron chi connectivity index (χ2n) is 9.42. The number of anilines is 2. The number of benzene rings is 4. The van der Waals surface area contributed by atoms with Gasteiger partial charge in [-0.3, -0.25) is 9.59 Å². The first kappa shape index (κ1) is 29.0. The highest BCUT2D eigenvalue weighted by Gasteiger charge is 2.16. The van der Waals surface area contributed by atoms with Gasteiger partial charge < -0.3 is 25.7 Å². The molecule has 9 heteroatoms. The molecule has 2 amide bonds. The fourth-order valence-corrected chi connectivity index (χ4v) is 4.37. The molecular weight excluding hydrogens is 563 g/mol. The van der Waals surface area contributed by atoms with E-state index in [-0.39, 0.29) is 18.1 Å². The average molecular weight is 591 g/mol. The maximum absolute atomic E-state index is 13.3. The number of halogens is 1. The molecule has 5 aromatic rings. The number of carbonyl (C=O) groups is 2. The van der Waals surface area contributed by atoms with Crippen molar-refractivity contribution < 1.29 is 18.4 Å². The molecule has 0 aliphatic carbocycles. The maximum Gasteiger partial charge on any atom is 0.268 e. The van der Waals surface area contributed by atoms with Gasteiger partial charge in [0.05, 0.1) is 0 Å². The van der Waals surface area contributed by atoms with E-state index in [1.807, 2.05) is 66.7 Å². The van der Waals surface area contributed by atoms with Crippen LogP contribution in [0.2, 0.25) is 0 Å². The lowest BCUT2D eigenvalue weighted by atomic mass is 10.2. The number of hydrogen-bond donors (Lipinski definition) is 4. The summed E-state index contributed by atoms with van der Waals surface area (Å²) < 4.78 is 19.1. The normalized spacial score (nSPS) is 11.0. The van der Waals surface area contributed by atoms with E-state index in [0.717, 1.165) is 11.1 Å². The van der Waals surface area contributed by atoms with Crippen molar-refractivity contribution in [1.82, 2.24) is 10.6 Å². The van der Waals surface area contributed by atoms with Gasteiger partial charge in [0, 0.05) is 35.1 Å². The molecule has 5 rings (SSSR count). The molecule has 0 saturated carbocycles. The van der Waals surface area contributed by atoms with Crippen molar-refractivity contribution >= 4 is 46.6 Å². The van der Waals surface area contributed by atoms with Gasteiger partial charge in [-0.15, -0.1) is 0 Å². The van der Waals surface area contributed by atoms with E-state index in [4.69, 9.17) is 16.6 Å². The van der Waals surface area contributed by atoms with Crippen LogP contribution in [0.25, 0.3) is 17.4 Å². The van der Waals surface area contributed by atoms with Gasteiger partial charge in [0.25, 0.3) is 11.8 Å². The molecular formula is C34H27FN4O3S. The van der Waals surface area contributed by atoms with Gasteiger partial charge in [0.15, 0.2) is 5.11 Å². The first-order valence-electron chi connectivity index (χ1n) is 13.4. The highest BCUT2D eigenvalue weighted by molar-refractivity contribution is 7.80. The van der Waals surface area contributed by atoms with Crippen LogP contribution in [0, 0.1) is 5.82 Å². The van der Waals surface area contributed by atoms with Crippen molar-refractivity contribution in [2.45, 2.75) is 6.54 Å². The second kappa shape index (κ2) is 13.9. The summed E-state index contributed by atoms with van der Waals surface area (Å²) in [4.78, 5) is 26.3. The van der Waals surface area contributed by atoms with Crippen LogP contribution in [0.15, 0.2) is 131 Å². The quantitative estimate of drug-likeness (QED) is 0.109. The maximum atomic E-state index is 13.3. The topological polar surface area (TPSA) is 95.4 Å². The lowest BCUT2D eigenvalue weighted by Gasteiger charge is -2.13. The van der Waals surface area contributed by atoms with Gasteiger partial charge in [-0.25, -0.2) is 4.39 Å². The number of rotatable bonds is 9. The van der Waals surface area contributed by atoms with E-state index < -0.39 is 11.8 Å². The number of hydrogen-bond acceptors (Lipinski definition) is 4. The van der Waals surface area contributed by atoms with E-state index in [1.54, 1.807) is 42.5 Å². The summed E-state index contributed by atoms with van der Waals surface area (Å²) in [5, 5.41) is 12.0. The minimum absolute atomic E-state index is 0.0294. The summed E-state index contributed by atoms with van der Waals surface area (Å²) in [6.07, 6.45) is 1.50. The fourth-order valence-electron chi connectivity index (χ4n) is 4.14. The van der Waals surface area contributed by atoms with Crippen molar-refractivity contribution in [2.24, 2.45) is 0 Å². The van der Waals surface area contributed by atoms with Crippen molar-refractivity contribution in [3.05, 3.63) is 150 Å². The highest BCUT2D eigenvalue weighted by Crippen LogP contribution is 2.23. The van der Waals surface area contributed by atoms with Crippen LogP contribution in [-0.2, 0) is 11.3 Å². The van der Waals surface area contributed by atoms with Gasteiger partial charge in [0.2, 0.25) is 0 Å². The Morgan fingerprint density at radius 1 is 0.767 bits per heavy atom. The molecule has 0 radical (unpaired) electrons. The van der Waals surface area contributed by atoms with Gasteiger partial charge >= 0.3 is 0 Å². The average Bonchev–Trinajstić information content (AvgIpc) is 3.50. The molecule has 0 bridgehead atoms. The summed E-state index contributed by atoms with van der Waals surface area (Å²) in [5.41, 5.74) is 3.47. The Kier molecular flexibility index (Phi) is 9.35. The van der Waals surface area contributed by atoms with Crippen LogP contribution in [0.4, 0.5) is 15.8 Å². The molecule has 43 heavy (non-hydrogen) atoms. The van der Waals surface area contributed by atoms with E-state index in [9.17, 15) is 14.0 Å². The standard InChI is InChI=1S/C34H27FN4O3S/c35-26-14-16-27(17-15-26)37-34(43)38-28-13-7-8-23(20-28)22-36-33(41)30(39-32(40)25-11-5-2-6-12-25)21-29-18-19-31(42-29)24-9-3-1-4-10-24/h1-21H,22H2,(H,36,41)(H,39,40)(H2,37,38,43)/b30-21-. The molecule has 4 aromatic carbocycles. The molecule has 0 spiro atoms. The Labute approximate surface area is 253 Å². The number of carbonyl (C=O) groups excluding carboxylic acids is 2. The van der Waals surface area contributed by atoms with E-state index in [0.29, 0.717) is 33.6 Å². The smallest absolute Gasteiger partial charge is 0.268 e. The van der Waals surface area contributed by atoms with Gasteiger partial charge in [-0.2, -0.15) is 0 Å². The number of thiocarbonyl (C=S) groups is 1. The molecule has 0 atom stereocenters. The molecule has 0 fully saturated rings. The van der Waals surface area contributed by atoms with Crippen LogP contribution in [0.3, 0.4) is 0 Å². The largest absolute Gasteiger partial charge is 0.457 e. The minimum Gasteiger partial charge on any atom is -0.457 e. The Balaban J connectivity index is 1.28. The van der Waals surface area contributed by atoms with Crippen molar-refractivity contribution in [1.29, 1.82) is 0 Å². The molecule has 214 valence electrons. The molecule has 4 N–H and O–H groups in total. The zero-order valence-electron chi connectivity index (χ0n) is 22.8. The summed E-state index contributed by atoms with van der Waals surface area (Å²) in [6.45, 7) is 0.179. The molecule has 0 aliphatic rings. The monoisotopic (exact) mass is 590 g/mol. The van der Waals surface area contributed by atoms with Gasteiger partial charge in [-0.1, -0.05) is 60.7 Å². The SMILES string of the molecule is O=C(NCc1cccc(NC(=S)Nc2ccc(F)cc2)c1)/C(=C/c1ccc(-c2ccccc2)o1)NC(=O)c1ccccc1. The molecule has 0 aliphatic heterocycles. The molecule has 0 unspecified atom stereocenters. The van der Waals surface area contributed by atoms with Crippen molar-refractivity contribution in [3.8, 4) is 11.3 Å². The van der Waals surface area contributed by atoms with E-state index in [1.165, 1.54) is 18.2 Å². The number of nitrogens with one attached hydrogen (secondary N) is 4. The second-order valence-corrected chi connectivity index (χ2v) is 9.82. The Morgan fingerprint density at radius 3 is 2.21 bits per heavy atom. The molecule has 7 nitrogen and oxygen atoms in total. The van der Waals surface area contributed by atoms with Crippen LogP contribution < -0.4 is 21.3 Å². The fraction of sp³-hybridized carbons (Fsp3) is 0.0294. The summed E-state index contributed by atoms with van der Waals surface area (Å²) >= 11 is 5.37. The first-order chi connectivity index (χ1) is 20.9. The predicted octanol–water partition coefficient (Wildman–Crippen LogP) is 6.98. The summed E-state index contributed by atoms with van der Waals surface area (Å²) in [5.74, 6) is -0.209. The molecule has 1 aromatic heterocycles. The minimum atomic E-state index is -0.492. The summed E-state index contributed by atoms with van der Waals surface area (Å²) in [7, 11) is 0. The van der Waals surface area contributed by atoms with Crippen LogP contribution >= 0.6 is 12.2 Å². The van der Waals surface area contributed by atoms with Crippen LogP contribution in [-0.4, -0.2) is 16.9 Å². The van der Waals surface area contributed by atoms with Crippen LogP contribution in [0.5, 0.6) is 0 Å². The Hall–Kier alpha value is -5.54. The summed E-state index contributed by atoms with van der Waals surface area (Å²) in [6, 6.07) is 35.0. The highest BCUT2D eigenvalue weighted by atomic mass is 32.1. The molecule has 0 saturated heterocycles. The molecule has 1 heterocycles. The third-order valence-electron chi connectivity index (χ3n) is 6.24. The van der Waals surface area contributed by atoms with Gasteiger partial charge in [-0.05, 0) is 78.4 Å². The Bertz CT molecular complexity index is 1750. The predicted molar refractivity (Wildman–Crippen MR) is 171 cm³/mol. The van der Waals surface area contributed by atoms with E-state index >= 15 is 0 Å². The number of amides is 2. The van der Waals surface area contributed by atoms with Crippen LogP contribution in [0.1, 0.15) is 21.7 Å². The van der Waals surface area contributed by atoms with Crippen molar-refractivity contribution in [2.75, 3.05) is 10.6 Å². The Morgan fingerprint density at radius 2 is 1.47 bits per heavy atom. The van der Waals surface area contributed by atoms with E-state index in [2.05, 4.69) is 21.3 Å². The zero-order chi connectivity index (χ0) is 30.0. The third-order valence-corrected chi connectivity index (χ3v) is 6.44. The third kappa shape index (κ3) is 8.25. The first-order valence-corrected chi connectivity index (χ1v) is 13.8. The lowest BCUT2D eigenvalue weighted by molar-refractivity contribution is -0.117. The lowest BCUT2D eigenvalue weighted by Crippen LogP contribution is -2.34. The zero-order valence-corrected chi connectivity index (χ0v) is 23.7.